The fourth-order valence-corrected chi connectivity index (χ4v) is 3.66. The van der Waals surface area contributed by atoms with E-state index >= 15 is 0 Å². The van der Waals surface area contributed by atoms with Gasteiger partial charge in [-0.05, 0) is 30.5 Å². The molecule has 1 unspecified atom stereocenters. The molecule has 0 fully saturated rings. The quantitative estimate of drug-likeness (QED) is 0.756. The van der Waals surface area contributed by atoms with Gasteiger partial charge in [0.15, 0.2) is 0 Å². The molecule has 0 radical (unpaired) electrons. The third kappa shape index (κ3) is 3.49. The molecule has 0 aliphatic carbocycles. The van der Waals surface area contributed by atoms with Crippen LogP contribution in [0.2, 0.25) is 0 Å². The average Bonchev–Trinajstić information content (AvgIpc) is 2.99. The standard InChI is InChI=1S/C14H19N3O3S/c1-3-12(14-15-6-7-16-14)17-21(19,20)13-8-11(9-18)5-4-10(13)2/h4-8,12,17-18H,3,9H2,1-2H3,(H,15,16). The summed E-state index contributed by atoms with van der Waals surface area (Å²) < 4.78 is 27.8. The maximum absolute atomic E-state index is 12.6. The number of aromatic amines is 1. The second-order valence-electron chi connectivity index (χ2n) is 4.81. The molecule has 21 heavy (non-hydrogen) atoms. The first-order valence-electron chi connectivity index (χ1n) is 6.70. The van der Waals surface area contributed by atoms with Crippen molar-refractivity contribution < 1.29 is 13.5 Å². The number of aliphatic hydroxyl groups excluding tert-OH is 1. The van der Waals surface area contributed by atoms with E-state index in [1.807, 2.05) is 6.92 Å². The molecule has 1 aromatic carbocycles. The summed E-state index contributed by atoms with van der Waals surface area (Å²) in [6, 6.07) is 4.47. The van der Waals surface area contributed by atoms with Crippen LogP contribution in [0.25, 0.3) is 0 Å². The minimum Gasteiger partial charge on any atom is -0.392 e. The van der Waals surface area contributed by atoms with E-state index < -0.39 is 16.1 Å². The Bertz CT molecular complexity index is 696. The molecule has 3 N–H and O–H groups in total. The fourth-order valence-electron chi connectivity index (χ4n) is 2.08. The number of aryl methyl sites for hydroxylation is 1. The molecule has 7 heteroatoms. The van der Waals surface area contributed by atoms with Crippen LogP contribution in [0, 0.1) is 6.92 Å². The van der Waals surface area contributed by atoms with Gasteiger partial charge in [0.05, 0.1) is 17.5 Å². The van der Waals surface area contributed by atoms with E-state index in [0.29, 0.717) is 23.4 Å². The van der Waals surface area contributed by atoms with Crippen LogP contribution >= 0.6 is 0 Å². The lowest BCUT2D eigenvalue weighted by atomic mass is 10.2. The third-order valence-electron chi connectivity index (χ3n) is 3.28. The number of hydrogen-bond acceptors (Lipinski definition) is 4. The Morgan fingerprint density at radius 2 is 2.19 bits per heavy atom. The maximum Gasteiger partial charge on any atom is 0.241 e. The molecule has 0 spiro atoms. The summed E-state index contributed by atoms with van der Waals surface area (Å²) in [5.74, 6) is 0.581. The van der Waals surface area contributed by atoms with Crippen molar-refractivity contribution in [2.24, 2.45) is 0 Å². The van der Waals surface area contributed by atoms with Crippen LogP contribution in [0.4, 0.5) is 0 Å². The lowest BCUT2D eigenvalue weighted by Crippen LogP contribution is -2.29. The van der Waals surface area contributed by atoms with Gasteiger partial charge in [-0.15, -0.1) is 0 Å². The van der Waals surface area contributed by atoms with Gasteiger partial charge in [0.2, 0.25) is 10.0 Å². The summed E-state index contributed by atoms with van der Waals surface area (Å²) in [6.45, 7) is 3.41. The van der Waals surface area contributed by atoms with E-state index in [-0.39, 0.29) is 11.5 Å². The molecule has 0 bridgehead atoms. The van der Waals surface area contributed by atoms with E-state index in [4.69, 9.17) is 5.11 Å². The van der Waals surface area contributed by atoms with Crippen LogP contribution in [0.5, 0.6) is 0 Å². The normalized spacial score (nSPS) is 13.3. The van der Waals surface area contributed by atoms with Crippen molar-refractivity contribution >= 4 is 10.0 Å². The van der Waals surface area contributed by atoms with Gasteiger partial charge in [-0.1, -0.05) is 19.1 Å². The molecule has 1 heterocycles. The summed E-state index contributed by atoms with van der Waals surface area (Å²) in [7, 11) is -3.68. The minimum atomic E-state index is -3.68. The van der Waals surface area contributed by atoms with Gasteiger partial charge in [0.1, 0.15) is 5.82 Å². The number of nitrogens with one attached hydrogen (secondary N) is 2. The average molecular weight is 309 g/mol. The van der Waals surface area contributed by atoms with Crippen molar-refractivity contribution in [3.8, 4) is 0 Å². The zero-order valence-corrected chi connectivity index (χ0v) is 12.8. The number of aromatic nitrogens is 2. The molecule has 0 amide bonds. The first-order valence-corrected chi connectivity index (χ1v) is 8.18. The van der Waals surface area contributed by atoms with Crippen LogP contribution in [0.3, 0.4) is 0 Å². The highest BCUT2D eigenvalue weighted by atomic mass is 32.2. The number of aliphatic hydroxyl groups is 1. The summed E-state index contributed by atoms with van der Waals surface area (Å²) in [6.07, 6.45) is 3.82. The first-order chi connectivity index (χ1) is 9.97. The Hall–Kier alpha value is -1.70. The maximum atomic E-state index is 12.6. The largest absolute Gasteiger partial charge is 0.392 e. The van der Waals surface area contributed by atoms with Crippen molar-refractivity contribution in [1.29, 1.82) is 0 Å². The van der Waals surface area contributed by atoms with Crippen molar-refractivity contribution in [1.82, 2.24) is 14.7 Å². The molecule has 2 aromatic rings. The van der Waals surface area contributed by atoms with Gasteiger partial charge >= 0.3 is 0 Å². The minimum absolute atomic E-state index is 0.180. The number of sulfonamides is 1. The molecule has 6 nitrogen and oxygen atoms in total. The van der Waals surface area contributed by atoms with Crippen LogP contribution < -0.4 is 4.72 Å². The summed E-state index contributed by atoms with van der Waals surface area (Å²) in [5, 5.41) is 9.17. The Morgan fingerprint density at radius 1 is 1.43 bits per heavy atom. The highest BCUT2D eigenvalue weighted by Gasteiger charge is 2.23. The SMILES string of the molecule is CCC(NS(=O)(=O)c1cc(CO)ccc1C)c1ncc[nH]1. The molecular formula is C14H19N3O3S. The summed E-state index contributed by atoms with van der Waals surface area (Å²) in [4.78, 5) is 7.20. The number of hydrogen-bond donors (Lipinski definition) is 3. The Labute approximate surface area is 124 Å². The van der Waals surface area contributed by atoms with E-state index in [1.165, 1.54) is 6.07 Å². The van der Waals surface area contributed by atoms with Gasteiger partial charge in [-0.3, -0.25) is 0 Å². The van der Waals surface area contributed by atoms with Gasteiger partial charge in [0.25, 0.3) is 0 Å². The van der Waals surface area contributed by atoms with E-state index in [1.54, 1.807) is 31.5 Å². The van der Waals surface area contributed by atoms with Crippen molar-refractivity contribution in [3.63, 3.8) is 0 Å². The topological polar surface area (TPSA) is 95.1 Å². The van der Waals surface area contributed by atoms with Crippen molar-refractivity contribution in [2.75, 3.05) is 0 Å². The fraction of sp³-hybridized carbons (Fsp3) is 0.357. The van der Waals surface area contributed by atoms with Crippen LogP contribution in [-0.2, 0) is 16.6 Å². The molecule has 0 saturated heterocycles. The zero-order chi connectivity index (χ0) is 15.5. The van der Waals surface area contributed by atoms with Crippen molar-refractivity contribution in [2.45, 2.75) is 37.8 Å². The Balaban J connectivity index is 2.34. The monoisotopic (exact) mass is 309 g/mol. The number of benzene rings is 1. The van der Waals surface area contributed by atoms with Gasteiger partial charge in [-0.25, -0.2) is 18.1 Å². The second kappa shape index (κ2) is 6.38. The van der Waals surface area contributed by atoms with E-state index in [0.717, 1.165) is 0 Å². The molecule has 1 aromatic heterocycles. The molecule has 1 atom stereocenters. The first kappa shape index (κ1) is 15.7. The number of rotatable bonds is 6. The summed E-state index contributed by atoms with van der Waals surface area (Å²) in [5.41, 5.74) is 1.20. The predicted octanol–water partition coefficient (Wildman–Crippen LogP) is 1.64. The lowest BCUT2D eigenvalue weighted by molar-refractivity contribution is 0.281. The summed E-state index contributed by atoms with van der Waals surface area (Å²) >= 11 is 0. The number of nitrogens with zero attached hydrogens (tertiary/aromatic N) is 1. The van der Waals surface area contributed by atoms with Crippen LogP contribution in [-0.4, -0.2) is 23.5 Å². The molecule has 0 saturated carbocycles. The lowest BCUT2D eigenvalue weighted by Gasteiger charge is -2.16. The highest BCUT2D eigenvalue weighted by molar-refractivity contribution is 7.89. The van der Waals surface area contributed by atoms with Crippen LogP contribution in [0.15, 0.2) is 35.5 Å². The van der Waals surface area contributed by atoms with E-state index in [9.17, 15) is 8.42 Å². The van der Waals surface area contributed by atoms with E-state index in [2.05, 4.69) is 14.7 Å². The molecule has 2 rings (SSSR count). The third-order valence-corrected chi connectivity index (χ3v) is 4.89. The van der Waals surface area contributed by atoms with Crippen molar-refractivity contribution in [3.05, 3.63) is 47.5 Å². The predicted molar refractivity (Wildman–Crippen MR) is 79.0 cm³/mol. The van der Waals surface area contributed by atoms with Gasteiger partial charge < -0.3 is 10.1 Å². The van der Waals surface area contributed by atoms with Crippen LogP contribution in [0.1, 0.15) is 36.3 Å². The Morgan fingerprint density at radius 3 is 2.76 bits per heavy atom. The highest BCUT2D eigenvalue weighted by Crippen LogP contribution is 2.21. The molecule has 0 aliphatic rings. The van der Waals surface area contributed by atoms with Gasteiger partial charge in [0, 0.05) is 12.4 Å². The number of H-pyrrole nitrogens is 1. The van der Waals surface area contributed by atoms with Gasteiger partial charge in [-0.2, -0.15) is 0 Å². The molecule has 114 valence electrons. The second-order valence-corrected chi connectivity index (χ2v) is 6.50. The smallest absolute Gasteiger partial charge is 0.241 e. The molecular weight excluding hydrogens is 290 g/mol. The number of imidazole rings is 1. The Kier molecular flexibility index (Phi) is 4.76. The zero-order valence-electron chi connectivity index (χ0n) is 12.0. The molecule has 0 aliphatic heterocycles.